The number of hydrogen-bond acceptors (Lipinski definition) is 5. The van der Waals surface area contributed by atoms with Crippen molar-refractivity contribution in [2.75, 3.05) is 13.2 Å². The molecular weight excluding hydrogens is 384 g/mol. The summed E-state index contributed by atoms with van der Waals surface area (Å²) in [6.45, 7) is 5.89. The number of fused-ring (bicyclic) bond motifs is 1. The molecule has 1 fully saturated rings. The van der Waals surface area contributed by atoms with Crippen LogP contribution < -0.4 is 5.32 Å². The first-order valence-corrected chi connectivity index (χ1v) is 10.6. The van der Waals surface area contributed by atoms with E-state index in [-0.39, 0.29) is 23.1 Å². The molecule has 7 heteroatoms. The van der Waals surface area contributed by atoms with Crippen LogP contribution in [0.15, 0.2) is 24.3 Å². The van der Waals surface area contributed by atoms with Gasteiger partial charge in [0.2, 0.25) is 0 Å². The summed E-state index contributed by atoms with van der Waals surface area (Å²) in [6, 6.07) is 6.51. The minimum Gasteiger partial charge on any atom is -0.454 e. The Labute approximate surface area is 177 Å². The monoisotopic (exact) mass is 414 g/mol. The van der Waals surface area contributed by atoms with Crippen molar-refractivity contribution in [2.24, 2.45) is 11.3 Å². The lowest BCUT2D eigenvalue weighted by Gasteiger charge is -2.39. The number of hydrogen-bond donors (Lipinski definition) is 1. The smallest absolute Gasteiger partial charge is 0.326 e. The Morgan fingerprint density at radius 3 is 2.17 bits per heavy atom. The second-order valence-corrected chi connectivity index (χ2v) is 8.86. The van der Waals surface area contributed by atoms with Crippen LogP contribution in [0.25, 0.3) is 0 Å². The molecule has 0 bridgehead atoms. The number of amides is 3. The van der Waals surface area contributed by atoms with Gasteiger partial charge in [0.05, 0.1) is 11.1 Å². The van der Waals surface area contributed by atoms with E-state index in [1.54, 1.807) is 24.3 Å². The van der Waals surface area contributed by atoms with Gasteiger partial charge in [-0.25, -0.2) is 0 Å². The summed E-state index contributed by atoms with van der Waals surface area (Å²) in [5.74, 6) is -1.53. The van der Waals surface area contributed by atoms with Crippen LogP contribution in [0.4, 0.5) is 0 Å². The van der Waals surface area contributed by atoms with E-state index in [0.717, 1.165) is 37.0 Å². The SMILES string of the molecule is CCC(C)(C)C1CCC(NC(=O)COC(=O)CN2C(=O)c3ccccc3C2=O)CC1. The molecule has 1 saturated carbocycles. The number of imide groups is 1. The van der Waals surface area contributed by atoms with E-state index in [1.165, 1.54) is 0 Å². The zero-order chi connectivity index (χ0) is 21.9. The topological polar surface area (TPSA) is 92.8 Å². The Balaban J connectivity index is 1.41. The molecule has 3 amide bonds. The summed E-state index contributed by atoms with van der Waals surface area (Å²) < 4.78 is 5.00. The molecule has 0 spiro atoms. The van der Waals surface area contributed by atoms with E-state index in [2.05, 4.69) is 26.1 Å². The lowest BCUT2D eigenvalue weighted by Crippen LogP contribution is -2.42. The predicted octanol–water partition coefficient (Wildman–Crippen LogP) is 2.94. The first-order chi connectivity index (χ1) is 14.2. The number of benzene rings is 1. The van der Waals surface area contributed by atoms with Crippen molar-refractivity contribution in [1.82, 2.24) is 10.2 Å². The number of carbonyl (C=O) groups excluding carboxylic acids is 4. The molecule has 0 radical (unpaired) electrons. The van der Waals surface area contributed by atoms with Gasteiger partial charge in [-0.2, -0.15) is 0 Å². The Bertz CT molecular complexity index is 805. The predicted molar refractivity (Wildman–Crippen MR) is 111 cm³/mol. The Kier molecular flexibility index (Phi) is 6.58. The van der Waals surface area contributed by atoms with Gasteiger partial charge in [-0.3, -0.25) is 24.1 Å². The minimum atomic E-state index is -0.784. The number of nitrogens with zero attached hydrogens (tertiary/aromatic N) is 1. The van der Waals surface area contributed by atoms with Crippen LogP contribution in [0.2, 0.25) is 0 Å². The van der Waals surface area contributed by atoms with E-state index >= 15 is 0 Å². The average Bonchev–Trinajstić information content (AvgIpc) is 2.98. The molecule has 1 aromatic carbocycles. The van der Waals surface area contributed by atoms with Gasteiger partial charge < -0.3 is 10.1 Å². The average molecular weight is 415 g/mol. The maximum atomic E-state index is 12.3. The number of nitrogens with one attached hydrogen (secondary N) is 1. The summed E-state index contributed by atoms with van der Waals surface area (Å²) in [5, 5.41) is 2.93. The quantitative estimate of drug-likeness (QED) is 0.547. The molecule has 3 rings (SSSR count). The Morgan fingerprint density at radius 2 is 1.63 bits per heavy atom. The molecule has 1 aliphatic carbocycles. The highest BCUT2D eigenvalue weighted by molar-refractivity contribution is 6.22. The molecule has 1 aliphatic heterocycles. The van der Waals surface area contributed by atoms with E-state index in [4.69, 9.17) is 4.74 Å². The second kappa shape index (κ2) is 8.98. The van der Waals surface area contributed by atoms with Crippen LogP contribution in [0.1, 0.15) is 73.6 Å². The normalized spacial score (nSPS) is 21.4. The van der Waals surface area contributed by atoms with E-state index < -0.39 is 30.9 Å². The standard InChI is InChI=1S/C23H30N2O5/c1-4-23(2,3)15-9-11-16(12-10-15)24-19(26)14-30-20(27)13-25-21(28)17-7-5-6-8-18(17)22(25)29/h5-8,15-16H,4,9-14H2,1-3H3,(H,24,26). The van der Waals surface area contributed by atoms with Crippen molar-refractivity contribution >= 4 is 23.7 Å². The van der Waals surface area contributed by atoms with Crippen LogP contribution in [0, 0.1) is 11.3 Å². The van der Waals surface area contributed by atoms with E-state index in [1.807, 2.05) is 0 Å². The molecule has 30 heavy (non-hydrogen) atoms. The molecule has 0 atom stereocenters. The van der Waals surface area contributed by atoms with Crippen LogP contribution >= 0.6 is 0 Å². The fourth-order valence-electron chi connectivity index (χ4n) is 4.28. The van der Waals surface area contributed by atoms with Crippen LogP contribution in [0.5, 0.6) is 0 Å². The van der Waals surface area contributed by atoms with Crippen molar-refractivity contribution in [3.05, 3.63) is 35.4 Å². The lowest BCUT2D eigenvalue weighted by atomic mass is 9.69. The number of ether oxygens (including phenoxy) is 1. The summed E-state index contributed by atoms with van der Waals surface area (Å²) >= 11 is 0. The molecule has 7 nitrogen and oxygen atoms in total. The van der Waals surface area contributed by atoms with Gasteiger partial charge in [-0.15, -0.1) is 0 Å². The third-order valence-electron chi connectivity index (χ3n) is 6.64. The summed E-state index contributed by atoms with van der Waals surface area (Å²) in [6.07, 6.45) is 5.13. The summed E-state index contributed by atoms with van der Waals surface area (Å²) in [5.41, 5.74) is 0.860. The number of rotatable bonds is 7. The van der Waals surface area contributed by atoms with Gasteiger partial charge in [0.15, 0.2) is 6.61 Å². The molecule has 2 aliphatic rings. The maximum Gasteiger partial charge on any atom is 0.326 e. The Hall–Kier alpha value is -2.70. The van der Waals surface area contributed by atoms with Gasteiger partial charge in [0.25, 0.3) is 17.7 Å². The summed E-state index contributed by atoms with van der Waals surface area (Å²) in [4.78, 5) is 49.6. The second-order valence-electron chi connectivity index (χ2n) is 8.86. The third kappa shape index (κ3) is 4.71. The van der Waals surface area contributed by atoms with Crippen molar-refractivity contribution in [1.29, 1.82) is 0 Å². The minimum absolute atomic E-state index is 0.0938. The van der Waals surface area contributed by atoms with Gasteiger partial charge in [0, 0.05) is 6.04 Å². The highest BCUT2D eigenvalue weighted by Crippen LogP contribution is 2.40. The maximum absolute atomic E-state index is 12.3. The third-order valence-corrected chi connectivity index (χ3v) is 6.64. The zero-order valence-electron chi connectivity index (χ0n) is 17.9. The molecule has 1 N–H and O–H groups in total. The molecule has 0 aromatic heterocycles. The van der Waals surface area contributed by atoms with Gasteiger partial charge in [0.1, 0.15) is 6.54 Å². The Morgan fingerprint density at radius 1 is 1.07 bits per heavy atom. The zero-order valence-corrected chi connectivity index (χ0v) is 17.9. The van der Waals surface area contributed by atoms with Crippen molar-refractivity contribution in [2.45, 2.75) is 58.9 Å². The lowest BCUT2D eigenvalue weighted by molar-refractivity contribution is -0.149. The van der Waals surface area contributed by atoms with Crippen LogP contribution in [-0.2, 0) is 14.3 Å². The van der Waals surface area contributed by atoms with E-state index in [0.29, 0.717) is 11.3 Å². The number of carbonyl (C=O) groups is 4. The fourth-order valence-corrected chi connectivity index (χ4v) is 4.28. The first kappa shape index (κ1) is 22.0. The molecule has 1 heterocycles. The number of esters is 1. The highest BCUT2D eigenvalue weighted by atomic mass is 16.5. The molecule has 162 valence electrons. The molecule has 0 unspecified atom stereocenters. The summed E-state index contributed by atoms with van der Waals surface area (Å²) in [7, 11) is 0. The molecule has 1 aromatic rings. The largest absolute Gasteiger partial charge is 0.454 e. The van der Waals surface area contributed by atoms with Crippen molar-refractivity contribution < 1.29 is 23.9 Å². The van der Waals surface area contributed by atoms with Crippen molar-refractivity contribution in [3.63, 3.8) is 0 Å². The highest BCUT2D eigenvalue weighted by Gasteiger charge is 2.37. The van der Waals surface area contributed by atoms with Gasteiger partial charge >= 0.3 is 5.97 Å². The van der Waals surface area contributed by atoms with Crippen LogP contribution in [0.3, 0.4) is 0 Å². The van der Waals surface area contributed by atoms with Gasteiger partial charge in [-0.1, -0.05) is 39.3 Å². The van der Waals surface area contributed by atoms with E-state index in [9.17, 15) is 19.2 Å². The fraction of sp³-hybridized carbons (Fsp3) is 0.565. The first-order valence-electron chi connectivity index (χ1n) is 10.6. The van der Waals surface area contributed by atoms with Crippen molar-refractivity contribution in [3.8, 4) is 0 Å². The van der Waals surface area contributed by atoms with Gasteiger partial charge in [-0.05, 0) is 49.1 Å². The van der Waals surface area contributed by atoms with Crippen LogP contribution in [-0.4, -0.2) is 47.8 Å². The molecule has 0 saturated heterocycles. The molecular formula is C23H30N2O5.